The smallest absolute Gasteiger partial charge is 0.260 e. The molecule has 0 fully saturated rings. The first-order valence-corrected chi connectivity index (χ1v) is 12.0. The number of nitrogens with zero attached hydrogens (tertiary/aromatic N) is 3. The fourth-order valence-corrected chi connectivity index (χ4v) is 4.64. The lowest BCUT2D eigenvalue weighted by Gasteiger charge is -2.24. The molecule has 0 spiro atoms. The zero-order chi connectivity index (χ0) is 25.6. The van der Waals surface area contributed by atoms with Gasteiger partial charge in [-0.15, -0.1) is 0 Å². The van der Waals surface area contributed by atoms with E-state index in [1.807, 2.05) is 80.9 Å². The first-order chi connectivity index (χ1) is 17.1. The SMILES string of the molecule is Cc1cccc(-c2cc(Nc3cc(O)cc(O)c3C(=O)N3Cc4ccccc4C3)n(C(C)(C)C)n2)c1. The van der Waals surface area contributed by atoms with Crippen LogP contribution in [0.25, 0.3) is 11.3 Å². The molecule has 0 radical (unpaired) electrons. The minimum atomic E-state index is -0.371. The number of aromatic nitrogens is 2. The van der Waals surface area contributed by atoms with Crippen molar-refractivity contribution in [2.24, 2.45) is 0 Å². The van der Waals surface area contributed by atoms with Crippen LogP contribution in [-0.4, -0.2) is 30.8 Å². The van der Waals surface area contributed by atoms with Gasteiger partial charge in [-0.05, 0) is 44.9 Å². The van der Waals surface area contributed by atoms with Crippen LogP contribution in [-0.2, 0) is 18.6 Å². The van der Waals surface area contributed by atoms with Crippen LogP contribution in [0.4, 0.5) is 11.5 Å². The molecule has 5 rings (SSSR count). The normalized spacial score (nSPS) is 13.1. The van der Waals surface area contributed by atoms with Gasteiger partial charge >= 0.3 is 0 Å². The average Bonchev–Trinajstić information content (AvgIpc) is 3.43. The van der Waals surface area contributed by atoms with Crippen molar-refractivity contribution in [3.8, 4) is 22.8 Å². The van der Waals surface area contributed by atoms with Gasteiger partial charge in [0.15, 0.2) is 0 Å². The Morgan fingerprint density at radius 1 is 0.944 bits per heavy atom. The van der Waals surface area contributed by atoms with E-state index in [4.69, 9.17) is 5.10 Å². The number of rotatable bonds is 4. The number of carbonyl (C=O) groups is 1. The van der Waals surface area contributed by atoms with E-state index in [1.54, 1.807) is 4.90 Å². The van der Waals surface area contributed by atoms with Crippen LogP contribution in [0.3, 0.4) is 0 Å². The lowest BCUT2D eigenvalue weighted by molar-refractivity contribution is 0.0749. The molecule has 0 bridgehead atoms. The van der Waals surface area contributed by atoms with Crippen LogP contribution in [0.15, 0.2) is 66.7 Å². The van der Waals surface area contributed by atoms with Gasteiger partial charge in [-0.2, -0.15) is 5.10 Å². The lowest BCUT2D eigenvalue weighted by atomic mass is 10.1. The summed E-state index contributed by atoms with van der Waals surface area (Å²) >= 11 is 0. The topological polar surface area (TPSA) is 90.6 Å². The first-order valence-electron chi connectivity index (χ1n) is 12.0. The maximum absolute atomic E-state index is 13.6. The third-order valence-corrected chi connectivity index (χ3v) is 6.37. The monoisotopic (exact) mass is 482 g/mol. The fourth-order valence-electron chi connectivity index (χ4n) is 4.64. The van der Waals surface area contributed by atoms with Crippen molar-refractivity contribution in [1.82, 2.24) is 14.7 Å². The Hall–Kier alpha value is -4.26. The summed E-state index contributed by atoms with van der Waals surface area (Å²) in [5, 5.41) is 29.2. The van der Waals surface area contributed by atoms with Gasteiger partial charge in [-0.3, -0.25) is 4.79 Å². The second-order valence-corrected chi connectivity index (χ2v) is 10.3. The number of anilines is 2. The number of phenolic OH excluding ortho intramolecular Hbond substituents is 2. The van der Waals surface area contributed by atoms with E-state index in [0.717, 1.165) is 27.9 Å². The number of hydrogen-bond acceptors (Lipinski definition) is 5. The van der Waals surface area contributed by atoms with Crippen molar-refractivity contribution in [3.05, 3.63) is 89.0 Å². The quantitative estimate of drug-likeness (QED) is 0.336. The molecule has 0 unspecified atom stereocenters. The molecule has 2 heterocycles. The molecule has 0 atom stereocenters. The number of fused-ring (bicyclic) bond motifs is 1. The number of amides is 1. The van der Waals surface area contributed by atoms with Crippen molar-refractivity contribution in [3.63, 3.8) is 0 Å². The molecule has 0 saturated heterocycles. The zero-order valence-electron chi connectivity index (χ0n) is 20.9. The first kappa shape index (κ1) is 23.5. The van der Waals surface area contributed by atoms with Crippen LogP contribution in [0.5, 0.6) is 11.5 Å². The van der Waals surface area contributed by atoms with Gasteiger partial charge in [0.25, 0.3) is 5.91 Å². The van der Waals surface area contributed by atoms with Crippen molar-refractivity contribution in [1.29, 1.82) is 0 Å². The molecular formula is C29H30N4O3. The molecule has 0 saturated carbocycles. The average molecular weight is 483 g/mol. The predicted molar refractivity (Wildman–Crippen MR) is 140 cm³/mol. The number of hydrogen-bond donors (Lipinski definition) is 3. The van der Waals surface area contributed by atoms with Gasteiger partial charge in [0.2, 0.25) is 0 Å². The molecule has 7 heteroatoms. The van der Waals surface area contributed by atoms with E-state index in [-0.39, 0.29) is 28.5 Å². The van der Waals surface area contributed by atoms with Gasteiger partial charge < -0.3 is 20.4 Å². The molecule has 3 N–H and O–H groups in total. The highest BCUT2D eigenvalue weighted by Crippen LogP contribution is 2.37. The number of aromatic hydroxyl groups is 2. The maximum Gasteiger partial charge on any atom is 0.260 e. The number of carbonyl (C=O) groups excluding carboxylic acids is 1. The third kappa shape index (κ3) is 4.40. The summed E-state index contributed by atoms with van der Waals surface area (Å²) in [6.45, 7) is 9.09. The molecule has 1 aliphatic rings. The van der Waals surface area contributed by atoms with Crippen LogP contribution < -0.4 is 5.32 Å². The molecular weight excluding hydrogens is 452 g/mol. The van der Waals surface area contributed by atoms with E-state index in [9.17, 15) is 15.0 Å². The summed E-state index contributed by atoms with van der Waals surface area (Å²) in [6.07, 6.45) is 0. The molecule has 7 nitrogen and oxygen atoms in total. The zero-order valence-corrected chi connectivity index (χ0v) is 20.9. The minimum absolute atomic E-state index is 0.111. The molecule has 184 valence electrons. The van der Waals surface area contributed by atoms with Gasteiger partial charge in [-0.25, -0.2) is 4.68 Å². The fraction of sp³-hybridized carbons (Fsp3) is 0.241. The van der Waals surface area contributed by atoms with Crippen molar-refractivity contribution in [2.45, 2.75) is 46.3 Å². The van der Waals surface area contributed by atoms with Crippen molar-refractivity contribution < 1.29 is 15.0 Å². The Balaban J connectivity index is 1.55. The third-order valence-electron chi connectivity index (χ3n) is 6.37. The number of nitrogens with one attached hydrogen (secondary N) is 1. The van der Waals surface area contributed by atoms with Crippen LogP contribution in [0.1, 0.15) is 47.8 Å². The summed E-state index contributed by atoms with van der Waals surface area (Å²) in [5.74, 6) is -0.0918. The minimum Gasteiger partial charge on any atom is -0.508 e. The van der Waals surface area contributed by atoms with Gasteiger partial charge in [0.1, 0.15) is 22.9 Å². The molecule has 3 aromatic carbocycles. The molecule has 4 aromatic rings. The van der Waals surface area contributed by atoms with Crippen molar-refractivity contribution in [2.75, 3.05) is 5.32 Å². The van der Waals surface area contributed by atoms with Gasteiger partial charge in [-0.1, -0.05) is 48.0 Å². The Kier molecular flexibility index (Phi) is 5.71. The molecule has 0 aliphatic carbocycles. The highest BCUT2D eigenvalue weighted by Gasteiger charge is 2.29. The molecule has 36 heavy (non-hydrogen) atoms. The Morgan fingerprint density at radius 2 is 1.64 bits per heavy atom. The number of benzene rings is 3. The van der Waals surface area contributed by atoms with Gasteiger partial charge in [0, 0.05) is 36.9 Å². The molecule has 1 aromatic heterocycles. The van der Waals surface area contributed by atoms with E-state index in [0.29, 0.717) is 24.6 Å². The number of aryl methyl sites for hydroxylation is 1. The second kappa shape index (κ2) is 8.75. The van der Waals surface area contributed by atoms with Crippen molar-refractivity contribution >= 4 is 17.4 Å². The maximum atomic E-state index is 13.6. The Morgan fingerprint density at radius 3 is 2.28 bits per heavy atom. The highest BCUT2D eigenvalue weighted by atomic mass is 16.3. The van der Waals surface area contributed by atoms with Crippen LogP contribution in [0, 0.1) is 6.92 Å². The largest absolute Gasteiger partial charge is 0.508 e. The van der Waals surface area contributed by atoms with E-state index in [2.05, 4.69) is 11.4 Å². The van der Waals surface area contributed by atoms with E-state index in [1.165, 1.54) is 12.1 Å². The summed E-state index contributed by atoms with van der Waals surface area (Å²) in [6, 6.07) is 20.6. The Bertz CT molecular complexity index is 1440. The summed E-state index contributed by atoms with van der Waals surface area (Å²) in [5.41, 5.74) is 5.12. The Labute approximate surface area is 210 Å². The van der Waals surface area contributed by atoms with Crippen LogP contribution in [0.2, 0.25) is 0 Å². The standard InChI is InChI=1S/C29H30N4O3/c1-18-8-7-11-19(12-18)23-15-26(33(31-23)29(2,3)4)30-24-13-22(34)14-25(35)27(24)28(36)32-16-20-9-5-6-10-21(20)17-32/h5-15,30,34-35H,16-17H2,1-4H3. The molecule has 1 aliphatic heterocycles. The van der Waals surface area contributed by atoms with E-state index < -0.39 is 0 Å². The summed E-state index contributed by atoms with van der Waals surface area (Å²) < 4.78 is 1.85. The summed E-state index contributed by atoms with van der Waals surface area (Å²) in [7, 11) is 0. The van der Waals surface area contributed by atoms with E-state index >= 15 is 0 Å². The van der Waals surface area contributed by atoms with Gasteiger partial charge in [0.05, 0.1) is 16.9 Å². The summed E-state index contributed by atoms with van der Waals surface area (Å²) in [4.78, 5) is 15.3. The van der Waals surface area contributed by atoms with Crippen LogP contribution >= 0.6 is 0 Å². The number of phenols is 2. The second-order valence-electron chi connectivity index (χ2n) is 10.3. The molecule has 1 amide bonds. The predicted octanol–water partition coefficient (Wildman–Crippen LogP) is 5.92. The lowest BCUT2D eigenvalue weighted by Crippen LogP contribution is -2.27. The highest BCUT2D eigenvalue weighted by molar-refractivity contribution is 6.03.